The second-order valence-electron chi connectivity index (χ2n) is 7.62. The Kier molecular flexibility index (Phi) is 6.43. The molecule has 2 rings (SSSR count). The van der Waals surface area contributed by atoms with E-state index >= 15 is 0 Å². The molecule has 0 aliphatic heterocycles. The van der Waals surface area contributed by atoms with Crippen LogP contribution in [0.15, 0.2) is 33.9 Å². The first-order chi connectivity index (χ1) is 12.9. The van der Waals surface area contributed by atoms with E-state index in [0.717, 1.165) is 0 Å². The molecule has 1 atom stereocenters. The van der Waals surface area contributed by atoms with Crippen molar-refractivity contribution in [1.29, 1.82) is 0 Å². The molecule has 1 aromatic carbocycles. The Balaban J connectivity index is 2.22. The van der Waals surface area contributed by atoms with Gasteiger partial charge in [0.15, 0.2) is 0 Å². The van der Waals surface area contributed by atoms with Crippen LogP contribution in [-0.2, 0) is 20.3 Å². The van der Waals surface area contributed by atoms with Gasteiger partial charge in [0.1, 0.15) is 17.5 Å². The van der Waals surface area contributed by atoms with Crippen LogP contribution >= 0.6 is 0 Å². The molecule has 0 bridgehead atoms. The maximum absolute atomic E-state index is 13.8. The molecule has 0 fully saturated rings. The third-order valence-electron chi connectivity index (χ3n) is 3.60. The summed E-state index contributed by atoms with van der Waals surface area (Å²) < 4.78 is 49.3. The van der Waals surface area contributed by atoms with E-state index in [0.29, 0.717) is 0 Å². The minimum Gasteiger partial charge on any atom is -0.444 e. The molecule has 0 spiro atoms. The molecular weight excluding hydrogens is 389 g/mol. The summed E-state index contributed by atoms with van der Waals surface area (Å²) in [6.07, 6.45) is -0.694. The van der Waals surface area contributed by atoms with E-state index in [1.807, 2.05) is 0 Å². The fourth-order valence-electron chi connectivity index (χ4n) is 2.30. The van der Waals surface area contributed by atoms with Crippen molar-refractivity contribution in [2.75, 3.05) is 0 Å². The highest BCUT2D eigenvalue weighted by atomic mass is 32.2. The van der Waals surface area contributed by atoms with Crippen LogP contribution in [0.4, 0.5) is 9.18 Å². The van der Waals surface area contributed by atoms with Gasteiger partial charge in [0.2, 0.25) is 15.7 Å². The van der Waals surface area contributed by atoms with Crippen molar-refractivity contribution in [2.24, 2.45) is 5.92 Å². The zero-order chi connectivity index (χ0) is 21.1. The van der Waals surface area contributed by atoms with E-state index in [-0.39, 0.29) is 17.4 Å². The molecule has 0 aliphatic rings. The number of alkyl carbamates (subject to hydrolysis) is 1. The van der Waals surface area contributed by atoms with E-state index in [9.17, 15) is 17.6 Å². The molecule has 28 heavy (non-hydrogen) atoms. The zero-order valence-electron chi connectivity index (χ0n) is 16.4. The van der Waals surface area contributed by atoms with Gasteiger partial charge in [-0.2, -0.15) is 0 Å². The summed E-state index contributed by atoms with van der Waals surface area (Å²) in [6.45, 7) is 8.74. The molecule has 154 valence electrons. The summed E-state index contributed by atoms with van der Waals surface area (Å²) in [5, 5.41) is 9.30. The second kappa shape index (κ2) is 8.26. The van der Waals surface area contributed by atoms with E-state index in [4.69, 9.17) is 9.15 Å². The highest BCUT2D eigenvalue weighted by molar-refractivity contribution is 7.90. The van der Waals surface area contributed by atoms with Crippen LogP contribution in [-0.4, -0.2) is 30.3 Å². The van der Waals surface area contributed by atoms with Gasteiger partial charge in [0, 0.05) is 5.56 Å². The number of nitrogens with one attached hydrogen (secondary N) is 1. The first-order valence-electron chi connectivity index (χ1n) is 8.68. The number of carbonyl (C=O) groups excluding carboxylic acids is 1. The number of nitrogens with zero attached hydrogens (tertiary/aromatic N) is 2. The number of carbonyl (C=O) groups is 1. The Morgan fingerprint density at radius 3 is 2.46 bits per heavy atom. The molecule has 0 aliphatic carbocycles. The summed E-state index contributed by atoms with van der Waals surface area (Å²) in [5.74, 6) is -1.52. The van der Waals surface area contributed by atoms with Crippen molar-refractivity contribution in [1.82, 2.24) is 15.5 Å². The van der Waals surface area contributed by atoms with Crippen LogP contribution in [0.3, 0.4) is 0 Å². The van der Waals surface area contributed by atoms with Crippen LogP contribution in [0.5, 0.6) is 0 Å². The third-order valence-corrected chi connectivity index (χ3v) is 4.98. The highest BCUT2D eigenvalue weighted by Crippen LogP contribution is 2.24. The van der Waals surface area contributed by atoms with Gasteiger partial charge in [-0.15, -0.1) is 5.10 Å². The summed E-state index contributed by atoms with van der Waals surface area (Å²) in [6, 6.07) is 4.78. The van der Waals surface area contributed by atoms with Gasteiger partial charge in [-0.3, -0.25) is 0 Å². The van der Waals surface area contributed by atoms with E-state index < -0.39 is 44.4 Å². The number of rotatable bonds is 6. The maximum atomic E-state index is 13.8. The van der Waals surface area contributed by atoms with Crippen molar-refractivity contribution in [3.8, 4) is 0 Å². The van der Waals surface area contributed by atoms with Gasteiger partial charge in [-0.25, -0.2) is 17.6 Å². The number of benzene rings is 1. The van der Waals surface area contributed by atoms with Crippen molar-refractivity contribution in [3.05, 3.63) is 41.5 Å². The lowest BCUT2D eigenvalue weighted by molar-refractivity contribution is 0.0477. The van der Waals surface area contributed by atoms with Gasteiger partial charge in [-0.1, -0.05) is 37.1 Å². The molecule has 1 heterocycles. The quantitative estimate of drug-likeness (QED) is 0.772. The van der Waals surface area contributed by atoms with Crippen molar-refractivity contribution < 1.29 is 26.8 Å². The fourth-order valence-corrected chi connectivity index (χ4v) is 3.45. The minimum absolute atomic E-state index is 0.00506. The second-order valence-corrected chi connectivity index (χ2v) is 9.49. The lowest BCUT2D eigenvalue weighted by atomic mass is 10.1. The molecule has 0 saturated heterocycles. The molecule has 1 N–H and O–H groups in total. The van der Waals surface area contributed by atoms with Crippen LogP contribution < -0.4 is 5.32 Å². The summed E-state index contributed by atoms with van der Waals surface area (Å²) in [7, 11) is -4.06. The number of ether oxygens (including phenoxy) is 1. The number of sulfone groups is 1. The molecule has 10 heteroatoms. The smallest absolute Gasteiger partial charge is 0.408 e. The predicted octanol–water partition coefficient (Wildman–Crippen LogP) is 3.40. The van der Waals surface area contributed by atoms with Crippen LogP contribution in [0.25, 0.3) is 0 Å². The highest BCUT2D eigenvalue weighted by Gasteiger charge is 2.30. The van der Waals surface area contributed by atoms with E-state index in [1.54, 1.807) is 34.6 Å². The Hall–Kier alpha value is -2.49. The SMILES string of the molecule is CC(C)[C@H](NC(=O)OC(C)(C)C)c1nnc(S(=O)(=O)Cc2ccccc2F)o1. The third kappa shape index (κ3) is 5.75. The molecule has 1 amide bonds. The maximum Gasteiger partial charge on any atom is 0.408 e. The first kappa shape index (κ1) is 21.8. The Labute approximate surface area is 163 Å². The molecule has 0 radical (unpaired) electrons. The Bertz CT molecular complexity index is 935. The van der Waals surface area contributed by atoms with Gasteiger partial charge in [0.05, 0.1) is 5.75 Å². The predicted molar refractivity (Wildman–Crippen MR) is 98.5 cm³/mol. The molecular formula is C18H24FN3O5S. The van der Waals surface area contributed by atoms with Crippen LogP contribution in [0, 0.1) is 11.7 Å². The van der Waals surface area contributed by atoms with Crippen LogP contribution in [0.1, 0.15) is 52.1 Å². The average molecular weight is 413 g/mol. The monoisotopic (exact) mass is 413 g/mol. The standard InChI is InChI=1S/C18H24FN3O5S/c1-11(2)14(20-16(23)27-18(3,4)5)15-21-22-17(26-15)28(24,25)10-12-8-6-7-9-13(12)19/h6-9,11,14H,10H2,1-5H3,(H,20,23)/t14-/m0/s1. The number of aromatic nitrogens is 2. The number of hydrogen-bond donors (Lipinski definition) is 1. The number of hydrogen-bond acceptors (Lipinski definition) is 7. The minimum atomic E-state index is -4.06. The first-order valence-corrected chi connectivity index (χ1v) is 10.3. The van der Waals surface area contributed by atoms with Crippen molar-refractivity contribution in [3.63, 3.8) is 0 Å². The van der Waals surface area contributed by atoms with Gasteiger partial charge in [-0.05, 0) is 32.8 Å². The largest absolute Gasteiger partial charge is 0.444 e. The molecule has 0 saturated carbocycles. The summed E-state index contributed by atoms with van der Waals surface area (Å²) in [5.41, 5.74) is -0.705. The summed E-state index contributed by atoms with van der Waals surface area (Å²) in [4.78, 5) is 12.0. The molecule has 2 aromatic rings. The molecule has 1 aromatic heterocycles. The van der Waals surface area contributed by atoms with Crippen molar-refractivity contribution >= 4 is 15.9 Å². The molecule has 8 nitrogen and oxygen atoms in total. The van der Waals surface area contributed by atoms with Gasteiger partial charge < -0.3 is 14.5 Å². The van der Waals surface area contributed by atoms with Crippen LogP contribution in [0.2, 0.25) is 0 Å². The molecule has 0 unspecified atom stereocenters. The van der Waals surface area contributed by atoms with Gasteiger partial charge in [0.25, 0.3) is 0 Å². The number of amides is 1. The van der Waals surface area contributed by atoms with Gasteiger partial charge >= 0.3 is 11.3 Å². The Morgan fingerprint density at radius 1 is 1.25 bits per heavy atom. The number of halogens is 1. The fraction of sp³-hybridized carbons (Fsp3) is 0.500. The lowest BCUT2D eigenvalue weighted by Crippen LogP contribution is -2.37. The summed E-state index contributed by atoms with van der Waals surface area (Å²) >= 11 is 0. The van der Waals surface area contributed by atoms with E-state index in [2.05, 4.69) is 15.5 Å². The van der Waals surface area contributed by atoms with E-state index in [1.165, 1.54) is 24.3 Å². The topological polar surface area (TPSA) is 111 Å². The van der Waals surface area contributed by atoms with Crippen molar-refractivity contribution in [2.45, 2.75) is 57.2 Å². The lowest BCUT2D eigenvalue weighted by Gasteiger charge is -2.23. The Morgan fingerprint density at radius 2 is 1.89 bits per heavy atom. The normalized spacial score (nSPS) is 13.4. The zero-order valence-corrected chi connectivity index (χ0v) is 17.2. The average Bonchev–Trinajstić information content (AvgIpc) is 3.03.